The number of nitrogen functional groups attached to an aromatic ring is 1. The molecular weight excluding hydrogens is 328 g/mol. The highest BCUT2D eigenvalue weighted by Gasteiger charge is 2.24. The van der Waals surface area contributed by atoms with E-state index in [2.05, 4.69) is 5.32 Å². The average Bonchev–Trinajstić information content (AvgIpc) is 2.55. The largest absolute Gasteiger partial charge is 0.464 e. The molecule has 0 spiro atoms. The molecule has 2 aromatic carbocycles. The van der Waals surface area contributed by atoms with Crippen LogP contribution in [0.1, 0.15) is 22.8 Å². The minimum Gasteiger partial charge on any atom is -0.464 e. The molecule has 0 aliphatic heterocycles. The SMILES string of the molecule is CCOC(=O)C(Cc1cccc(Cl)c1)NC(=O)c1ccccc1N. The number of halogens is 1. The molecule has 3 N–H and O–H groups in total. The monoisotopic (exact) mass is 346 g/mol. The third kappa shape index (κ3) is 4.73. The molecule has 2 aromatic rings. The molecule has 0 fully saturated rings. The maximum Gasteiger partial charge on any atom is 0.328 e. The van der Waals surface area contributed by atoms with Crippen molar-refractivity contribution in [3.05, 3.63) is 64.7 Å². The van der Waals surface area contributed by atoms with Crippen LogP contribution in [0.2, 0.25) is 5.02 Å². The Bertz CT molecular complexity index is 734. The molecule has 0 aliphatic rings. The van der Waals surface area contributed by atoms with Crippen molar-refractivity contribution in [3.8, 4) is 0 Å². The second-order valence-corrected chi connectivity index (χ2v) is 5.64. The highest BCUT2D eigenvalue weighted by atomic mass is 35.5. The van der Waals surface area contributed by atoms with Gasteiger partial charge >= 0.3 is 5.97 Å². The molecule has 6 heteroatoms. The van der Waals surface area contributed by atoms with E-state index in [-0.39, 0.29) is 13.0 Å². The fraction of sp³-hybridized carbons (Fsp3) is 0.222. The maximum atomic E-state index is 12.4. The first-order valence-corrected chi connectivity index (χ1v) is 7.95. The summed E-state index contributed by atoms with van der Waals surface area (Å²) in [5.41, 5.74) is 7.30. The van der Waals surface area contributed by atoms with E-state index in [9.17, 15) is 9.59 Å². The first-order valence-electron chi connectivity index (χ1n) is 7.57. The van der Waals surface area contributed by atoms with E-state index < -0.39 is 17.9 Å². The first-order chi connectivity index (χ1) is 11.5. The van der Waals surface area contributed by atoms with Gasteiger partial charge in [0.05, 0.1) is 12.2 Å². The van der Waals surface area contributed by atoms with Crippen molar-refractivity contribution in [2.75, 3.05) is 12.3 Å². The van der Waals surface area contributed by atoms with Gasteiger partial charge in [0, 0.05) is 17.1 Å². The third-order valence-corrected chi connectivity index (χ3v) is 3.65. The van der Waals surface area contributed by atoms with E-state index in [4.69, 9.17) is 22.1 Å². The molecular formula is C18H19ClN2O3. The van der Waals surface area contributed by atoms with Crippen LogP contribution in [0.25, 0.3) is 0 Å². The lowest BCUT2D eigenvalue weighted by Crippen LogP contribution is -2.43. The summed E-state index contributed by atoms with van der Waals surface area (Å²) in [5.74, 6) is -0.923. The van der Waals surface area contributed by atoms with E-state index in [0.717, 1.165) is 5.56 Å². The Morgan fingerprint density at radius 3 is 2.62 bits per heavy atom. The topological polar surface area (TPSA) is 81.4 Å². The summed E-state index contributed by atoms with van der Waals surface area (Å²) >= 11 is 5.97. The standard InChI is InChI=1S/C18H19ClN2O3/c1-2-24-18(23)16(11-12-6-5-7-13(19)10-12)21-17(22)14-8-3-4-9-15(14)20/h3-10,16H,2,11,20H2,1H3,(H,21,22). The smallest absolute Gasteiger partial charge is 0.328 e. The van der Waals surface area contributed by atoms with Gasteiger partial charge < -0.3 is 15.8 Å². The molecule has 0 saturated carbocycles. The summed E-state index contributed by atoms with van der Waals surface area (Å²) in [4.78, 5) is 24.6. The Balaban J connectivity index is 2.18. The molecule has 0 heterocycles. The predicted molar refractivity (Wildman–Crippen MR) is 93.9 cm³/mol. The number of amides is 1. The number of carbonyl (C=O) groups is 2. The molecule has 2 rings (SSSR count). The number of ether oxygens (including phenoxy) is 1. The molecule has 0 aliphatic carbocycles. The van der Waals surface area contributed by atoms with E-state index >= 15 is 0 Å². The normalized spacial score (nSPS) is 11.6. The van der Waals surface area contributed by atoms with Crippen molar-refractivity contribution in [1.29, 1.82) is 0 Å². The van der Waals surface area contributed by atoms with Gasteiger partial charge in [-0.2, -0.15) is 0 Å². The van der Waals surface area contributed by atoms with Crippen LogP contribution in [-0.4, -0.2) is 24.5 Å². The number of hydrogen-bond acceptors (Lipinski definition) is 4. The van der Waals surface area contributed by atoms with Crippen molar-refractivity contribution in [2.24, 2.45) is 0 Å². The minimum atomic E-state index is -0.824. The van der Waals surface area contributed by atoms with Crippen LogP contribution in [0.4, 0.5) is 5.69 Å². The van der Waals surface area contributed by atoms with Gasteiger partial charge in [-0.15, -0.1) is 0 Å². The summed E-state index contributed by atoms with van der Waals surface area (Å²) in [6.45, 7) is 1.94. The lowest BCUT2D eigenvalue weighted by molar-refractivity contribution is -0.145. The Hall–Kier alpha value is -2.53. The van der Waals surface area contributed by atoms with Crippen molar-refractivity contribution >= 4 is 29.2 Å². The van der Waals surface area contributed by atoms with Gasteiger partial charge in [0.2, 0.25) is 0 Å². The molecule has 1 amide bonds. The lowest BCUT2D eigenvalue weighted by atomic mass is 10.0. The third-order valence-electron chi connectivity index (χ3n) is 3.41. The lowest BCUT2D eigenvalue weighted by Gasteiger charge is -2.18. The summed E-state index contributed by atoms with van der Waals surface area (Å²) in [6.07, 6.45) is 0.276. The quantitative estimate of drug-likeness (QED) is 0.622. The van der Waals surface area contributed by atoms with Crippen molar-refractivity contribution in [2.45, 2.75) is 19.4 Å². The Morgan fingerprint density at radius 2 is 1.96 bits per heavy atom. The number of rotatable bonds is 6. The van der Waals surface area contributed by atoms with E-state index in [1.54, 1.807) is 49.4 Å². The van der Waals surface area contributed by atoms with Gasteiger partial charge in [-0.25, -0.2) is 4.79 Å². The molecule has 1 unspecified atom stereocenters. The molecule has 0 bridgehead atoms. The zero-order valence-electron chi connectivity index (χ0n) is 13.3. The van der Waals surface area contributed by atoms with E-state index in [1.807, 2.05) is 6.07 Å². The van der Waals surface area contributed by atoms with Gasteiger partial charge in [0.25, 0.3) is 5.91 Å². The number of nitrogens with two attached hydrogens (primary N) is 1. The van der Waals surface area contributed by atoms with E-state index in [0.29, 0.717) is 16.3 Å². The number of esters is 1. The zero-order valence-corrected chi connectivity index (χ0v) is 14.0. The minimum absolute atomic E-state index is 0.230. The number of carbonyl (C=O) groups excluding carboxylic acids is 2. The first kappa shape index (κ1) is 17.8. The Labute approximate surface area is 145 Å². The molecule has 1 atom stereocenters. The highest BCUT2D eigenvalue weighted by Crippen LogP contribution is 2.14. The Kier molecular flexibility index (Phi) is 6.21. The zero-order chi connectivity index (χ0) is 17.5. The maximum absolute atomic E-state index is 12.4. The van der Waals surface area contributed by atoms with Crippen LogP contribution in [-0.2, 0) is 16.0 Å². The Morgan fingerprint density at radius 1 is 1.21 bits per heavy atom. The van der Waals surface area contributed by atoms with Gasteiger partial charge in [-0.3, -0.25) is 4.79 Å². The summed E-state index contributed by atoms with van der Waals surface area (Å²) in [5, 5.41) is 3.25. The van der Waals surface area contributed by atoms with Gasteiger partial charge in [-0.05, 0) is 36.8 Å². The van der Waals surface area contributed by atoms with Gasteiger partial charge in [0.15, 0.2) is 0 Å². The van der Waals surface area contributed by atoms with Crippen LogP contribution in [0, 0.1) is 0 Å². The van der Waals surface area contributed by atoms with Crippen LogP contribution in [0.15, 0.2) is 48.5 Å². The molecule has 5 nitrogen and oxygen atoms in total. The predicted octanol–water partition coefficient (Wildman–Crippen LogP) is 2.83. The number of nitrogens with one attached hydrogen (secondary N) is 1. The van der Waals surface area contributed by atoms with Crippen molar-refractivity contribution in [3.63, 3.8) is 0 Å². The molecule has 24 heavy (non-hydrogen) atoms. The van der Waals surface area contributed by atoms with Crippen molar-refractivity contribution in [1.82, 2.24) is 5.32 Å². The number of anilines is 1. The van der Waals surface area contributed by atoms with E-state index in [1.165, 1.54) is 0 Å². The van der Waals surface area contributed by atoms with Crippen LogP contribution >= 0.6 is 11.6 Å². The molecule has 0 aromatic heterocycles. The average molecular weight is 347 g/mol. The summed E-state index contributed by atoms with van der Waals surface area (Å²) in [6, 6.07) is 13.0. The van der Waals surface area contributed by atoms with Gasteiger partial charge in [-0.1, -0.05) is 35.9 Å². The highest BCUT2D eigenvalue weighted by molar-refractivity contribution is 6.30. The van der Waals surface area contributed by atoms with Crippen LogP contribution < -0.4 is 11.1 Å². The second-order valence-electron chi connectivity index (χ2n) is 5.20. The van der Waals surface area contributed by atoms with Crippen LogP contribution in [0.3, 0.4) is 0 Å². The fourth-order valence-corrected chi connectivity index (χ4v) is 2.49. The van der Waals surface area contributed by atoms with Gasteiger partial charge in [0.1, 0.15) is 6.04 Å². The fourth-order valence-electron chi connectivity index (χ4n) is 2.28. The molecule has 0 saturated heterocycles. The number of benzene rings is 2. The number of hydrogen-bond donors (Lipinski definition) is 2. The summed E-state index contributed by atoms with van der Waals surface area (Å²) < 4.78 is 5.06. The van der Waals surface area contributed by atoms with Crippen LogP contribution in [0.5, 0.6) is 0 Å². The van der Waals surface area contributed by atoms with Crippen molar-refractivity contribution < 1.29 is 14.3 Å². The molecule has 0 radical (unpaired) electrons. The summed E-state index contributed by atoms with van der Waals surface area (Å²) in [7, 11) is 0. The molecule has 126 valence electrons. The number of para-hydroxylation sites is 1. The second kappa shape index (κ2) is 8.36.